The summed E-state index contributed by atoms with van der Waals surface area (Å²) in [5.41, 5.74) is 1.26. The van der Waals surface area contributed by atoms with Crippen LogP contribution in [0.2, 0.25) is 0 Å². The van der Waals surface area contributed by atoms with Crippen LogP contribution in [-0.2, 0) is 0 Å². The Kier molecular flexibility index (Phi) is 6.25. The van der Waals surface area contributed by atoms with Crippen LogP contribution < -0.4 is 14.8 Å². The molecule has 0 aliphatic rings. The first kappa shape index (κ1) is 16.3. The molecule has 118 valence electrons. The van der Waals surface area contributed by atoms with E-state index >= 15 is 0 Å². The molecule has 22 heavy (non-hydrogen) atoms. The summed E-state index contributed by atoms with van der Waals surface area (Å²) in [4.78, 5) is 0. The fraction of sp³-hybridized carbons (Fsp3) is 0.333. The Balaban J connectivity index is 1.72. The van der Waals surface area contributed by atoms with Crippen LogP contribution in [0, 0.1) is 0 Å². The van der Waals surface area contributed by atoms with Crippen LogP contribution in [0.25, 0.3) is 0 Å². The van der Waals surface area contributed by atoms with Crippen LogP contribution >= 0.6 is 0 Å². The standard InChI is InChI=1S/C18H23NO3/c1-14(15-6-4-3-5-7-15)19-12-16(20)13-22-18-10-8-17(21-2)9-11-18/h3-11,14,16,19-20H,12-13H2,1-2H3/p+1/t14-,16-/m0/s1. The minimum Gasteiger partial charge on any atom is -0.497 e. The highest BCUT2D eigenvalue weighted by Crippen LogP contribution is 2.17. The van der Waals surface area contributed by atoms with E-state index in [4.69, 9.17) is 9.47 Å². The van der Waals surface area contributed by atoms with Crippen molar-refractivity contribution in [1.29, 1.82) is 0 Å². The molecule has 0 amide bonds. The summed E-state index contributed by atoms with van der Waals surface area (Å²) >= 11 is 0. The molecule has 4 heteroatoms. The highest BCUT2D eigenvalue weighted by atomic mass is 16.5. The maximum absolute atomic E-state index is 10.0. The summed E-state index contributed by atoms with van der Waals surface area (Å²) in [7, 11) is 1.63. The summed E-state index contributed by atoms with van der Waals surface area (Å²) in [5, 5.41) is 12.1. The van der Waals surface area contributed by atoms with Crippen molar-refractivity contribution in [3.8, 4) is 11.5 Å². The summed E-state index contributed by atoms with van der Waals surface area (Å²) in [5.74, 6) is 1.52. The zero-order valence-corrected chi connectivity index (χ0v) is 13.1. The molecule has 2 aromatic rings. The van der Waals surface area contributed by atoms with E-state index in [1.807, 2.05) is 42.5 Å². The van der Waals surface area contributed by atoms with Gasteiger partial charge in [0.05, 0.1) is 7.11 Å². The third-order valence-corrected chi connectivity index (χ3v) is 3.59. The second kappa shape index (κ2) is 8.41. The average Bonchev–Trinajstić information content (AvgIpc) is 2.59. The number of aliphatic hydroxyl groups is 1. The fourth-order valence-corrected chi connectivity index (χ4v) is 2.19. The van der Waals surface area contributed by atoms with Gasteiger partial charge in [0.2, 0.25) is 0 Å². The van der Waals surface area contributed by atoms with Gasteiger partial charge in [0.25, 0.3) is 0 Å². The van der Waals surface area contributed by atoms with Gasteiger partial charge in [-0.15, -0.1) is 0 Å². The Bertz CT molecular complexity index is 542. The summed E-state index contributed by atoms with van der Waals surface area (Å²) in [6, 6.07) is 17.9. The van der Waals surface area contributed by atoms with Crippen molar-refractivity contribution < 1.29 is 19.9 Å². The second-order valence-corrected chi connectivity index (χ2v) is 5.31. The topological polar surface area (TPSA) is 55.3 Å². The van der Waals surface area contributed by atoms with Gasteiger partial charge in [-0.05, 0) is 31.2 Å². The molecule has 0 aromatic heterocycles. The van der Waals surface area contributed by atoms with Crippen LogP contribution in [0.4, 0.5) is 0 Å². The third-order valence-electron chi connectivity index (χ3n) is 3.59. The van der Waals surface area contributed by atoms with Crippen molar-refractivity contribution >= 4 is 0 Å². The first-order valence-corrected chi connectivity index (χ1v) is 7.52. The van der Waals surface area contributed by atoms with Gasteiger partial charge >= 0.3 is 0 Å². The van der Waals surface area contributed by atoms with Gasteiger partial charge in [-0.3, -0.25) is 0 Å². The van der Waals surface area contributed by atoms with E-state index < -0.39 is 6.10 Å². The molecule has 3 N–H and O–H groups in total. The number of hydrogen-bond acceptors (Lipinski definition) is 3. The summed E-state index contributed by atoms with van der Waals surface area (Å²) in [6.45, 7) is 3.02. The molecule has 2 atom stereocenters. The number of benzene rings is 2. The lowest BCUT2D eigenvalue weighted by atomic mass is 10.1. The van der Waals surface area contributed by atoms with Crippen molar-refractivity contribution in [2.45, 2.75) is 19.1 Å². The van der Waals surface area contributed by atoms with Crippen LogP contribution in [0.15, 0.2) is 54.6 Å². The van der Waals surface area contributed by atoms with E-state index in [1.54, 1.807) is 7.11 Å². The third kappa shape index (κ3) is 5.06. The fourth-order valence-electron chi connectivity index (χ4n) is 2.19. The molecule has 2 aromatic carbocycles. The molecule has 0 heterocycles. The van der Waals surface area contributed by atoms with Gasteiger partial charge < -0.3 is 19.9 Å². The molecule has 0 radical (unpaired) electrons. The van der Waals surface area contributed by atoms with E-state index in [0.29, 0.717) is 12.6 Å². The number of ether oxygens (including phenoxy) is 2. The van der Waals surface area contributed by atoms with Gasteiger partial charge in [-0.1, -0.05) is 30.3 Å². The molecule has 0 aliphatic heterocycles. The summed E-state index contributed by atoms with van der Waals surface area (Å²) in [6.07, 6.45) is -0.506. The van der Waals surface area contributed by atoms with Gasteiger partial charge in [-0.2, -0.15) is 0 Å². The SMILES string of the molecule is COc1ccc(OC[C@@H](O)C[NH2+][C@@H](C)c2ccccc2)cc1. The molecule has 0 bridgehead atoms. The van der Waals surface area contributed by atoms with E-state index in [9.17, 15) is 5.11 Å². The molecular weight excluding hydrogens is 278 g/mol. The van der Waals surface area contributed by atoms with Crippen molar-refractivity contribution in [2.75, 3.05) is 20.3 Å². The number of hydrogen-bond donors (Lipinski definition) is 2. The quantitative estimate of drug-likeness (QED) is 0.781. The Morgan fingerprint density at radius 2 is 1.64 bits per heavy atom. The maximum Gasteiger partial charge on any atom is 0.137 e. The Morgan fingerprint density at radius 1 is 1.00 bits per heavy atom. The minimum atomic E-state index is -0.506. The highest BCUT2D eigenvalue weighted by Gasteiger charge is 2.12. The lowest BCUT2D eigenvalue weighted by Gasteiger charge is -2.15. The molecule has 0 spiro atoms. The van der Waals surface area contributed by atoms with Crippen LogP contribution in [0.1, 0.15) is 18.5 Å². The molecule has 0 unspecified atom stereocenters. The van der Waals surface area contributed by atoms with Crippen LogP contribution in [0.5, 0.6) is 11.5 Å². The first-order chi connectivity index (χ1) is 10.7. The molecule has 2 rings (SSSR count). The predicted molar refractivity (Wildman–Crippen MR) is 86.1 cm³/mol. The average molecular weight is 302 g/mol. The molecule has 0 aliphatic carbocycles. The zero-order valence-electron chi connectivity index (χ0n) is 13.1. The van der Waals surface area contributed by atoms with E-state index in [-0.39, 0.29) is 6.61 Å². The monoisotopic (exact) mass is 302 g/mol. The van der Waals surface area contributed by atoms with Gasteiger partial charge in [0.1, 0.15) is 36.8 Å². The highest BCUT2D eigenvalue weighted by molar-refractivity contribution is 5.31. The Labute approximate surface area is 131 Å². The van der Waals surface area contributed by atoms with Gasteiger partial charge in [-0.25, -0.2) is 0 Å². The smallest absolute Gasteiger partial charge is 0.137 e. The molecule has 4 nitrogen and oxygen atoms in total. The maximum atomic E-state index is 10.0. The minimum absolute atomic E-state index is 0.282. The zero-order chi connectivity index (χ0) is 15.8. The number of aliphatic hydroxyl groups excluding tert-OH is 1. The largest absolute Gasteiger partial charge is 0.497 e. The lowest BCUT2D eigenvalue weighted by molar-refractivity contribution is -0.698. The number of nitrogens with two attached hydrogens (primary N) is 1. The number of quaternary nitrogens is 1. The predicted octanol–water partition coefficient (Wildman–Crippen LogP) is 1.76. The van der Waals surface area contributed by atoms with E-state index in [2.05, 4.69) is 24.4 Å². The van der Waals surface area contributed by atoms with Crippen LogP contribution in [0.3, 0.4) is 0 Å². The van der Waals surface area contributed by atoms with Crippen molar-refractivity contribution in [3.63, 3.8) is 0 Å². The van der Waals surface area contributed by atoms with Crippen LogP contribution in [-0.4, -0.2) is 31.5 Å². The molecular formula is C18H24NO3+. The number of methoxy groups -OCH3 is 1. The van der Waals surface area contributed by atoms with E-state index in [0.717, 1.165) is 11.5 Å². The molecule has 0 saturated heterocycles. The van der Waals surface area contributed by atoms with Crippen molar-refractivity contribution in [2.24, 2.45) is 0 Å². The molecule has 0 saturated carbocycles. The van der Waals surface area contributed by atoms with Crippen molar-refractivity contribution in [3.05, 3.63) is 60.2 Å². The van der Waals surface area contributed by atoms with E-state index in [1.165, 1.54) is 5.56 Å². The first-order valence-electron chi connectivity index (χ1n) is 7.52. The normalized spacial score (nSPS) is 13.4. The Hall–Kier alpha value is -2.04. The van der Waals surface area contributed by atoms with Crippen molar-refractivity contribution in [1.82, 2.24) is 0 Å². The van der Waals surface area contributed by atoms with Gasteiger partial charge in [0.15, 0.2) is 0 Å². The van der Waals surface area contributed by atoms with Gasteiger partial charge in [0, 0.05) is 5.56 Å². The second-order valence-electron chi connectivity index (χ2n) is 5.31. The summed E-state index contributed by atoms with van der Waals surface area (Å²) < 4.78 is 10.7. The molecule has 0 fully saturated rings. The number of rotatable bonds is 8. The lowest BCUT2D eigenvalue weighted by Crippen LogP contribution is -2.87. The Morgan fingerprint density at radius 3 is 2.27 bits per heavy atom.